The lowest BCUT2D eigenvalue weighted by Crippen LogP contribution is -2.37. The Morgan fingerprint density at radius 2 is 2.00 bits per heavy atom. The normalized spacial score (nSPS) is 12.3. The number of hydrogen-bond donors (Lipinski definition) is 1. The van der Waals surface area contributed by atoms with Crippen LogP contribution in [-0.4, -0.2) is 26.1 Å². The molecule has 1 N–H and O–H groups in total. The van der Waals surface area contributed by atoms with Gasteiger partial charge in [-0.1, -0.05) is 12.1 Å². The van der Waals surface area contributed by atoms with Crippen molar-refractivity contribution >= 4 is 15.7 Å². The first-order valence-corrected chi connectivity index (χ1v) is 9.71. The number of furan rings is 1. The summed E-state index contributed by atoms with van der Waals surface area (Å²) in [6.07, 6.45) is 2.93. The fraction of sp³-hybridized carbons (Fsp3) is 0.333. The molecular weight excluding hydrogens is 340 g/mol. The molecule has 0 aliphatic rings. The maximum Gasteiger partial charge on any atom is 0.235 e. The molecule has 0 fully saturated rings. The Morgan fingerprint density at radius 3 is 2.60 bits per heavy atom. The maximum atomic E-state index is 12.2. The third kappa shape index (κ3) is 6.43. The van der Waals surface area contributed by atoms with Crippen LogP contribution in [0.15, 0.2) is 47.1 Å². The number of amides is 1. The average Bonchev–Trinajstić information content (AvgIpc) is 3.06. The highest BCUT2D eigenvalue weighted by molar-refractivity contribution is 7.91. The van der Waals surface area contributed by atoms with E-state index in [1.54, 1.807) is 36.6 Å². The van der Waals surface area contributed by atoms with E-state index in [-0.39, 0.29) is 11.8 Å². The van der Waals surface area contributed by atoms with Gasteiger partial charge < -0.3 is 9.73 Å². The van der Waals surface area contributed by atoms with Gasteiger partial charge in [0.2, 0.25) is 5.91 Å². The lowest BCUT2D eigenvalue weighted by atomic mass is 10.1. The molecule has 1 heterocycles. The van der Waals surface area contributed by atoms with Crippen LogP contribution in [0, 0.1) is 11.3 Å². The Morgan fingerprint density at radius 1 is 1.28 bits per heavy atom. The number of sulfone groups is 1. The molecule has 0 aliphatic carbocycles. The van der Waals surface area contributed by atoms with Gasteiger partial charge in [0, 0.05) is 12.5 Å². The quantitative estimate of drug-likeness (QED) is 0.778. The molecule has 25 heavy (non-hydrogen) atoms. The Labute approximate surface area is 147 Å². The third-order valence-electron chi connectivity index (χ3n) is 3.63. The number of nitrogens with zero attached hydrogens (tertiary/aromatic N) is 1. The number of rotatable bonds is 8. The molecule has 0 spiro atoms. The van der Waals surface area contributed by atoms with Crippen LogP contribution in [0.1, 0.15) is 30.2 Å². The van der Waals surface area contributed by atoms with Gasteiger partial charge in [0.1, 0.15) is 11.5 Å². The monoisotopic (exact) mass is 360 g/mol. The third-order valence-corrected chi connectivity index (χ3v) is 5.11. The lowest BCUT2D eigenvalue weighted by molar-refractivity contribution is -0.119. The van der Waals surface area contributed by atoms with Crippen molar-refractivity contribution in [2.45, 2.75) is 31.6 Å². The van der Waals surface area contributed by atoms with Crippen molar-refractivity contribution in [2.75, 3.05) is 5.75 Å². The van der Waals surface area contributed by atoms with Crippen molar-refractivity contribution in [3.63, 3.8) is 0 Å². The van der Waals surface area contributed by atoms with Crippen LogP contribution in [-0.2, 0) is 26.8 Å². The molecule has 0 bridgehead atoms. The van der Waals surface area contributed by atoms with Crippen molar-refractivity contribution < 1.29 is 17.6 Å². The van der Waals surface area contributed by atoms with Gasteiger partial charge in [-0.25, -0.2) is 8.42 Å². The first-order valence-electron chi connectivity index (χ1n) is 7.89. The molecule has 1 amide bonds. The zero-order valence-corrected chi connectivity index (χ0v) is 14.8. The van der Waals surface area contributed by atoms with Gasteiger partial charge in [0.25, 0.3) is 0 Å². The van der Waals surface area contributed by atoms with E-state index < -0.39 is 21.5 Å². The van der Waals surface area contributed by atoms with Crippen molar-refractivity contribution in [3.8, 4) is 6.07 Å². The summed E-state index contributed by atoms with van der Waals surface area (Å²) < 4.78 is 29.5. The Kier molecular flexibility index (Phi) is 6.37. The van der Waals surface area contributed by atoms with E-state index in [1.807, 2.05) is 19.1 Å². The molecule has 132 valence electrons. The Bertz CT molecular complexity index is 834. The molecule has 2 rings (SSSR count). The molecule has 0 radical (unpaired) electrons. The number of hydrogen-bond acceptors (Lipinski definition) is 5. The van der Waals surface area contributed by atoms with Crippen LogP contribution in [0.2, 0.25) is 0 Å². The van der Waals surface area contributed by atoms with Crippen LogP contribution in [0.5, 0.6) is 0 Å². The molecule has 6 nitrogen and oxygen atoms in total. The molecule has 0 saturated carbocycles. The average molecular weight is 360 g/mol. The molecule has 7 heteroatoms. The number of nitriles is 1. The smallest absolute Gasteiger partial charge is 0.235 e. The van der Waals surface area contributed by atoms with Gasteiger partial charge in [0.05, 0.1) is 23.6 Å². The summed E-state index contributed by atoms with van der Waals surface area (Å²) in [6, 6.07) is 11.8. The molecule has 0 aliphatic heterocycles. The van der Waals surface area contributed by atoms with Crippen molar-refractivity contribution in [1.82, 2.24) is 5.32 Å². The van der Waals surface area contributed by atoms with Gasteiger partial charge in [-0.15, -0.1) is 0 Å². The number of benzene rings is 1. The van der Waals surface area contributed by atoms with E-state index in [4.69, 9.17) is 9.68 Å². The van der Waals surface area contributed by atoms with E-state index in [9.17, 15) is 13.2 Å². The molecule has 1 unspecified atom stereocenters. The Hall–Kier alpha value is -2.59. The summed E-state index contributed by atoms with van der Waals surface area (Å²) in [5.41, 5.74) is 1.02. The van der Waals surface area contributed by atoms with Gasteiger partial charge in [0.15, 0.2) is 9.84 Å². The lowest BCUT2D eigenvalue weighted by Gasteiger charge is -2.13. The maximum absolute atomic E-state index is 12.2. The Balaban J connectivity index is 1.82. The van der Waals surface area contributed by atoms with Gasteiger partial charge in [-0.2, -0.15) is 5.26 Å². The van der Waals surface area contributed by atoms with Crippen molar-refractivity contribution in [2.24, 2.45) is 0 Å². The fourth-order valence-electron chi connectivity index (χ4n) is 2.38. The minimum absolute atomic E-state index is 0.150. The largest absolute Gasteiger partial charge is 0.469 e. The molecule has 1 aromatic carbocycles. The topological polar surface area (TPSA) is 100 Å². The van der Waals surface area contributed by atoms with Gasteiger partial charge >= 0.3 is 0 Å². The summed E-state index contributed by atoms with van der Waals surface area (Å²) >= 11 is 0. The van der Waals surface area contributed by atoms with Crippen molar-refractivity contribution in [1.29, 1.82) is 5.26 Å². The van der Waals surface area contributed by atoms with Gasteiger partial charge in [-0.3, -0.25) is 4.79 Å². The predicted octanol–water partition coefficient (Wildman–Crippen LogP) is 2.20. The SMILES string of the molecule is CC(CCc1ccco1)NC(=O)CS(=O)(=O)Cc1ccc(C#N)cc1. The summed E-state index contributed by atoms with van der Waals surface area (Å²) in [6.45, 7) is 1.83. The first kappa shape index (κ1) is 18.7. The van der Waals surface area contributed by atoms with E-state index in [1.165, 1.54) is 0 Å². The molecule has 0 saturated heterocycles. The minimum atomic E-state index is -3.57. The van der Waals surface area contributed by atoms with Crippen LogP contribution in [0.25, 0.3) is 0 Å². The zero-order chi connectivity index (χ0) is 18.3. The number of nitrogens with one attached hydrogen (secondary N) is 1. The van der Waals surface area contributed by atoms with E-state index in [0.29, 0.717) is 24.0 Å². The highest BCUT2D eigenvalue weighted by Crippen LogP contribution is 2.09. The summed E-state index contributed by atoms with van der Waals surface area (Å²) in [5, 5.41) is 11.4. The molecule has 1 aromatic heterocycles. The summed E-state index contributed by atoms with van der Waals surface area (Å²) in [4.78, 5) is 12.0. The molecule has 2 aromatic rings. The van der Waals surface area contributed by atoms with E-state index >= 15 is 0 Å². The minimum Gasteiger partial charge on any atom is -0.469 e. The van der Waals surface area contributed by atoms with Crippen LogP contribution in [0.3, 0.4) is 0 Å². The molecular formula is C18H20N2O4S. The molecule has 1 atom stereocenters. The highest BCUT2D eigenvalue weighted by Gasteiger charge is 2.19. The second-order valence-electron chi connectivity index (χ2n) is 5.93. The number of aryl methyl sites for hydroxylation is 1. The second-order valence-corrected chi connectivity index (χ2v) is 7.99. The van der Waals surface area contributed by atoms with Crippen LogP contribution < -0.4 is 5.32 Å². The van der Waals surface area contributed by atoms with E-state index in [0.717, 1.165) is 5.76 Å². The predicted molar refractivity (Wildman–Crippen MR) is 93.3 cm³/mol. The summed E-state index contributed by atoms with van der Waals surface area (Å²) in [5.74, 6) is -0.472. The number of carbonyl (C=O) groups is 1. The van der Waals surface area contributed by atoms with Crippen LogP contribution >= 0.6 is 0 Å². The van der Waals surface area contributed by atoms with Crippen LogP contribution in [0.4, 0.5) is 0 Å². The summed E-state index contributed by atoms with van der Waals surface area (Å²) in [7, 11) is -3.57. The number of carbonyl (C=O) groups excluding carboxylic acids is 1. The van der Waals surface area contributed by atoms with E-state index in [2.05, 4.69) is 5.32 Å². The standard InChI is InChI=1S/C18H20N2O4S/c1-14(4-9-17-3-2-10-24-17)20-18(21)13-25(22,23)12-16-7-5-15(11-19)6-8-16/h2-3,5-8,10,14H,4,9,12-13H2,1H3,(H,20,21). The first-order chi connectivity index (χ1) is 11.9. The van der Waals surface area contributed by atoms with Gasteiger partial charge in [-0.05, 0) is 43.2 Å². The second kappa shape index (κ2) is 8.49. The zero-order valence-electron chi connectivity index (χ0n) is 13.9. The highest BCUT2D eigenvalue weighted by atomic mass is 32.2. The fourth-order valence-corrected chi connectivity index (χ4v) is 3.67. The van der Waals surface area contributed by atoms with Crippen molar-refractivity contribution in [3.05, 3.63) is 59.5 Å².